The first-order valence-electron chi connectivity index (χ1n) is 12.0. The molecular weight excluding hydrogens is 480 g/mol. The standard InChI is InChI=1S/C29H22N6O3/c36-29(37)24-12-13-26(38-18-27-31-33-34-32-27)28-23(24)14-15-35(28)17-20-5-3-4-19(16-20)8-10-22-11-9-21-6-1-2-7-25(21)30-22/h1-16H,17-18H2,(H,36,37)(H,31,32,33,34)/b10-8+. The summed E-state index contributed by atoms with van der Waals surface area (Å²) in [4.78, 5) is 16.6. The molecule has 0 saturated carbocycles. The number of carboxylic acids is 1. The Hall–Kier alpha value is -5.31. The second-order valence-corrected chi connectivity index (χ2v) is 8.77. The van der Waals surface area contributed by atoms with Crippen molar-refractivity contribution in [1.29, 1.82) is 0 Å². The fourth-order valence-corrected chi connectivity index (χ4v) is 4.46. The third-order valence-electron chi connectivity index (χ3n) is 6.24. The zero-order valence-corrected chi connectivity index (χ0v) is 20.2. The predicted octanol–water partition coefficient (Wildman–Crippen LogP) is 5.20. The first-order chi connectivity index (χ1) is 18.6. The van der Waals surface area contributed by atoms with Crippen molar-refractivity contribution < 1.29 is 14.6 Å². The number of para-hydroxylation sites is 1. The van der Waals surface area contributed by atoms with Gasteiger partial charge in [0.2, 0.25) is 0 Å². The Morgan fingerprint density at radius 2 is 1.92 bits per heavy atom. The number of rotatable bonds is 8. The quantitative estimate of drug-likeness (QED) is 0.294. The van der Waals surface area contributed by atoms with E-state index in [1.807, 2.05) is 71.4 Å². The van der Waals surface area contributed by atoms with Gasteiger partial charge in [-0.25, -0.2) is 14.9 Å². The maximum Gasteiger partial charge on any atom is 0.336 e. The maximum absolute atomic E-state index is 11.8. The van der Waals surface area contributed by atoms with Crippen LogP contribution in [0.25, 0.3) is 34.0 Å². The van der Waals surface area contributed by atoms with E-state index in [9.17, 15) is 9.90 Å². The number of H-pyrrole nitrogens is 1. The van der Waals surface area contributed by atoms with E-state index >= 15 is 0 Å². The fraction of sp³-hybridized carbons (Fsp3) is 0.0690. The van der Waals surface area contributed by atoms with Crippen LogP contribution in [0.5, 0.6) is 5.75 Å². The number of aromatic amines is 1. The molecule has 3 heterocycles. The SMILES string of the molecule is O=C(O)c1ccc(OCc2nnn[nH]2)c2c1ccn2Cc1cccc(/C=C/c2ccc3ccccc3n2)c1. The number of hydrogen-bond acceptors (Lipinski definition) is 6. The highest BCUT2D eigenvalue weighted by atomic mass is 16.5. The van der Waals surface area contributed by atoms with Crippen molar-refractivity contribution in [2.24, 2.45) is 0 Å². The Balaban J connectivity index is 1.28. The molecule has 6 rings (SSSR count). The van der Waals surface area contributed by atoms with Gasteiger partial charge in [0.05, 0.1) is 22.3 Å². The summed E-state index contributed by atoms with van der Waals surface area (Å²) < 4.78 is 7.96. The highest BCUT2D eigenvalue weighted by Crippen LogP contribution is 2.31. The van der Waals surface area contributed by atoms with Crippen molar-refractivity contribution in [3.05, 3.63) is 113 Å². The summed E-state index contributed by atoms with van der Waals surface area (Å²) in [5.41, 5.74) is 4.85. The second-order valence-electron chi connectivity index (χ2n) is 8.77. The molecular formula is C29H22N6O3. The lowest BCUT2D eigenvalue weighted by molar-refractivity contribution is 0.0699. The van der Waals surface area contributed by atoms with Crippen LogP contribution in [0.15, 0.2) is 85.1 Å². The van der Waals surface area contributed by atoms with E-state index in [1.165, 1.54) is 0 Å². The molecule has 0 saturated heterocycles. The zero-order chi connectivity index (χ0) is 25.9. The van der Waals surface area contributed by atoms with Crippen molar-refractivity contribution in [2.75, 3.05) is 0 Å². The smallest absolute Gasteiger partial charge is 0.336 e. The Bertz CT molecular complexity index is 1790. The molecule has 0 radical (unpaired) electrons. The van der Waals surface area contributed by atoms with Gasteiger partial charge in [0.15, 0.2) is 5.82 Å². The van der Waals surface area contributed by atoms with Gasteiger partial charge in [-0.3, -0.25) is 0 Å². The number of nitrogens with one attached hydrogen (secondary N) is 1. The van der Waals surface area contributed by atoms with E-state index in [2.05, 4.69) is 32.8 Å². The molecule has 9 nitrogen and oxygen atoms in total. The first kappa shape index (κ1) is 23.1. The molecule has 0 aliphatic carbocycles. The minimum atomic E-state index is -0.992. The van der Waals surface area contributed by atoms with Gasteiger partial charge in [-0.1, -0.05) is 48.5 Å². The number of pyridine rings is 1. The largest absolute Gasteiger partial charge is 0.483 e. The summed E-state index contributed by atoms with van der Waals surface area (Å²) in [6.45, 7) is 0.658. The van der Waals surface area contributed by atoms with Gasteiger partial charge < -0.3 is 14.4 Å². The van der Waals surface area contributed by atoms with Crippen LogP contribution in [0.3, 0.4) is 0 Å². The molecule has 186 valence electrons. The van der Waals surface area contributed by atoms with Crippen LogP contribution in [-0.2, 0) is 13.2 Å². The van der Waals surface area contributed by atoms with Crippen molar-refractivity contribution in [1.82, 2.24) is 30.2 Å². The molecule has 0 fully saturated rings. The summed E-state index contributed by atoms with van der Waals surface area (Å²) in [7, 11) is 0. The molecule has 3 aromatic heterocycles. The molecule has 0 bridgehead atoms. The van der Waals surface area contributed by atoms with Crippen LogP contribution in [0, 0.1) is 0 Å². The van der Waals surface area contributed by atoms with E-state index in [1.54, 1.807) is 18.2 Å². The normalized spacial score (nSPS) is 11.5. The molecule has 0 aliphatic rings. The number of carboxylic acid groups (broad SMARTS) is 1. The number of aromatic nitrogens is 6. The van der Waals surface area contributed by atoms with Gasteiger partial charge >= 0.3 is 5.97 Å². The lowest BCUT2D eigenvalue weighted by Gasteiger charge is -2.12. The average Bonchev–Trinajstić information content (AvgIpc) is 3.61. The Morgan fingerprint density at radius 3 is 2.79 bits per heavy atom. The summed E-state index contributed by atoms with van der Waals surface area (Å²) in [5.74, 6) is 0.0250. The third-order valence-corrected chi connectivity index (χ3v) is 6.24. The maximum atomic E-state index is 11.8. The number of fused-ring (bicyclic) bond motifs is 2. The van der Waals surface area contributed by atoms with Gasteiger partial charge in [0.1, 0.15) is 12.4 Å². The van der Waals surface area contributed by atoms with Crippen LogP contribution in [0.2, 0.25) is 0 Å². The number of benzene rings is 3. The van der Waals surface area contributed by atoms with Crippen LogP contribution in [0.4, 0.5) is 0 Å². The third kappa shape index (κ3) is 4.72. The number of aromatic carboxylic acids is 1. The van der Waals surface area contributed by atoms with E-state index in [0.717, 1.165) is 27.7 Å². The fourth-order valence-electron chi connectivity index (χ4n) is 4.46. The molecule has 0 atom stereocenters. The minimum absolute atomic E-state index is 0.128. The van der Waals surface area contributed by atoms with Gasteiger partial charge in [-0.15, -0.1) is 5.10 Å². The summed E-state index contributed by atoms with van der Waals surface area (Å²) >= 11 is 0. The van der Waals surface area contributed by atoms with Crippen LogP contribution in [0.1, 0.15) is 33.0 Å². The highest BCUT2D eigenvalue weighted by Gasteiger charge is 2.17. The average molecular weight is 503 g/mol. The van der Waals surface area contributed by atoms with Gasteiger partial charge in [0, 0.05) is 23.5 Å². The lowest BCUT2D eigenvalue weighted by Crippen LogP contribution is -2.04. The van der Waals surface area contributed by atoms with Gasteiger partial charge in [-0.05, 0) is 64.0 Å². The number of tetrazole rings is 1. The molecule has 0 spiro atoms. The first-order valence-corrected chi connectivity index (χ1v) is 12.0. The summed E-state index contributed by atoms with van der Waals surface area (Å²) in [5, 5.41) is 25.0. The minimum Gasteiger partial charge on any atom is -0.483 e. The Morgan fingerprint density at radius 1 is 1.00 bits per heavy atom. The second kappa shape index (κ2) is 9.98. The summed E-state index contributed by atoms with van der Waals surface area (Å²) in [6, 6.07) is 25.3. The number of nitrogens with zero attached hydrogens (tertiary/aromatic N) is 5. The van der Waals surface area contributed by atoms with Crippen molar-refractivity contribution >= 4 is 39.9 Å². The molecule has 9 heteroatoms. The molecule has 38 heavy (non-hydrogen) atoms. The van der Waals surface area contributed by atoms with Gasteiger partial charge in [-0.2, -0.15) is 0 Å². The van der Waals surface area contributed by atoms with E-state index < -0.39 is 5.97 Å². The number of hydrogen-bond donors (Lipinski definition) is 2. The molecule has 0 amide bonds. The van der Waals surface area contributed by atoms with Crippen molar-refractivity contribution in [3.8, 4) is 5.75 Å². The lowest BCUT2D eigenvalue weighted by atomic mass is 10.1. The monoisotopic (exact) mass is 502 g/mol. The predicted molar refractivity (Wildman–Crippen MR) is 144 cm³/mol. The van der Waals surface area contributed by atoms with Crippen molar-refractivity contribution in [3.63, 3.8) is 0 Å². The van der Waals surface area contributed by atoms with Crippen LogP contribution < -0.4 is 4.74 Å². The van der Waals surface area contributed by atoms with Crippen LogP contribution in [-0.4, -0.2) is 41.3 Å². The summed E-state index contributed by atoms with van der Waals surface area (Å²) in [6.07, 6.45) is 5.92. The number of carbonyl (C=O) groups is 1. The van der Waals surface area contributed by atoms with Gasteiger partial charge in [0.25, 0.3) is 0 Å². The Kier molecular flexibility index (Phi) is 6.07. The van der Waals surface area contributed by atoms with Crippen LogP contribution >= 0.6 is 0 Å². The zero-order valence-electron chi connectivity index (χ0n) is 20.2. The molecule has 6 aromatic rings. The van der Waals surface area contributed by atoms with E-state index in [-0.39, 0.29) is 12.2 Å². The topological polar surface area (TPSA) is 119 Å². The molecule has 0 aliphatic heterocycles. The molecule has 3 aromatic carbocycles. The Labute approximate surface area is 217 Å². The van der Waals surface area contributed by atoms with Crippen molar-refractivity contribution in [2.45, 2.75) is 13.2 Å². The van der Waals surface area contributed by atoms with E-state index in [0.29, 0.717) is 29.0 Å². The molecule has 2 N–H and O–H groups in total. The highest BCUT2D eigenvalue weighted by molar-refractivity contribution is 6.05. The number of ether oxygens (including phenoxy) is 1. The molecule has 0 unspecified atom stereocenters. The van der Waals surface area contributed by atoms with E-state index in [4.69, 9.17) is 9.72 Å².